The molecule has 0 spiro atoms. The minimum absolute atomic E-state index is 0.00714. The number of anilines is 1. The van der Waals surface area contributed by atoms with Crippen LogP contribution in [0.4, 0.5) is 5.95 Å². The number of amides is 1. The summed E-state index contributed by atoms with van der Waals surface area (Å²) in [5.74, 6) is 0.0463. The SMILES string of the molecule is CC(CO)Nc1ncc(Cl)c(CNCC(=O)NC(CO)c2cccc(Cl)c2)n1. The number of aromatic nitrogens is 2. The summed E-state index contributed by atoms with van der Waals surface area (Å²) >= 11 is 12.0. The van der Waals surface area contributed by atoms with E-state index in [1.54, 1.807) is 31.2 Å². The van der Waals surface area contributed by atoms with E-state index in [1.165, 1.54) is 6.20 Å². The normalized spacial score (nSPS) is 13.0. The first-order chi connectivity index (χ1) is 13.4. The van der Waals surface area contributed by atoms with E-state index in [-0.39, 0.29) is 38.3 Å². The molecule has 5 N–H and O–H groups in total. The summed E-state index contributed by atoms with van der Waals surface area (Å²) < 4.78 is 0. The molecular weight excluding hydrogens is 405 g/mol. The highest BCUT2D eigenvalue weighted by molar-refractivity contribution is 6.31. The van der Waals surface area contributed by atoms with Gasteiger partial charge in [-0.05, 0) is 24.6 Å². The van der Waals surface area contributed by atoms with Crippen LogP contribution in [-0.2, 0) is 11.3 Å². The molecule has 1 amide bonds. The lowest BCUT2D eigenvalue weighted by molar-refractivity contribution is -0.121. The van der Waals surface area contributed by atoms with E-state index < -0.39 is 6.04 Å². The Kier molecular flexibility index (Phi) is 8.88. The number of carbonyl (C=O) groups excluding carboxylic acids is 1. The van der Waals surface area contributed by atoms with Gasteiger partial charge < -0.3 is 26.2 Å². The maximum atomic E-state index is 12.2. The van der Waals surface area contributed by atoms with Gasteiger partial charge >= 0.3 is 0 Å². The van der Waals surface area contributed by atoms with Crippen LogP contribution in [0, 0.1) is 0 Å². The first-order valence-electron chi connectivity index (χ1n) is 8.68. The molecule has 1 aromatic heterocycles. The van der Waals surface area contributed by atoms with Gasteiger partial charge in [-0.1, -0.05) is 35.3 Å². The van der Waals surface area contributed by atoms with Gasteiger partial charge in [-0.3, -0.25) is 4.79 Å². The number of rotatable bonds is 10. The zero-order valence-corrected chi connectivity index (χ0v) is 16.8. The second kappa shape index (κ2) is 11.1. The predicted octanol–water partition coefficient (Wildman–Crippen LogP) is 1.52. The molecule has 1 aromatic carbocycles. The van der Waals surface area contributed by atoms with Gasteiger partial charge in [-0.25, -0.2) is 9.97 Å². The number of hydrogen-bond donors (Lipinski definition) is 5. The molecule has 0 bridgehead atoms. The van der Waals surface area contributed by atoms with Crippen molar-refractivity contribution in [3.05, 3.63) is 51.8 Å². The zero-order valence-electron chi connectivity index (χ0n) is 15.3. The molecule has 0 saturated carbocycles. The van der Waals surface area contributed by atoms with E-state index in [0.29, 0.717) is 21.7 Å². The number of halogens is 2. The molecule has 0 fully saturated rings. The highest BCUT2D eigenvalue weighted by Crippen LogP contribution is 2.17. The highest BCUT2D eigenvalue weighted by Gasteiger charge is 2.14. The largest absolute Gasteiger partial charge is 0.394 e. The number of aliphatic hydroxyl groups is 2. The molecule has 2 atom stereocenters. The minimum atomic E-state index is -0.550. The molecule has 28 heavy (non-hydrogen) atoms. The van der Waals surface area contributed by atoms with Gasteiger partial charge in [0, 0.05) is 17.6 Å². The second-order valence-electron chi connectivity index (χ2n) is 6.18. The van der Waals surface area contributed by atoms with Crippen LogP contribution in [0.1, 0.15) is 24.2 Å². The fourth-order valence-electron chi connectivity index (χ4n) is 2.36. The molecule has 0 aliphatic rings. The molecule has 0 radical (unpaired) electrons. The van der Waals surface area contributed by atoms with E-state index in [4.69, 9.17) is 28.3 Å². The Morgan fingerprint density at radius 3 is 2.71 bits per heavy atom. The van der Waals surface area contributed by atoms with Crippen molar-refractivity contribution in [3.63, 3.8) is 0 Å². The van der Waals surface area contributed by atoms with E-state index in [1.807, 2.05) is 0 Å². The van der Waals surface area contributed by atoms with Crippen LogP contribution in [0.3, 0.4) is 0 Å². The van der Waals surface area contributed by atoms with E-state index in [9.17, 15) is 9.90 Å². The van der Waals surface area contributed by atoms with Gasteiger partial charge in [0.25, 0.3) is 0 Å². The van der Waals surface area contributed by atoms with Crippen molar-refractivity contribution in [1.82, 2.24) is 20.6 Å². The van der Waals surface area contributed by atoms with Crippen LogP contribution in [0.15, 0.2) is 30.5 Å². The van der Waals surface area contributed by atoms with Gasteiger partial charge in [-0.15, -0.1) is 0 Å². The quantitative estimate of drug-likeness (QED) is 0.389. The van der Waals surface area contributed by atoms with E-state index >= 15 is 0 Å². The van der Waals surface area contributed by atoms with E-state index in [2.05, 4.69) is 25.9 Å². The Hall–Kier alpha value is -1.97. The number of nitrogens with zero attached hydrogens (tertiary/aromatic N) is 2. The summed E-state index contributed by atoms with van der Waals surface area (Å²) in [4.78, 5) is 20.5. The Morgan fingerprint density at radius 2 is 2.04 bits per heavy atom. The average molecular weight is 428 g/mol. The van der Waals surface area contributed by atoms with Crippen molar-refractivity contribution in [3.8, 4) is 0 Å². The topological polar surface area (TPSA) is 119 Å². The smallest absolute Gasteiger partial charge is 0.234 e. The van der Waals surface area contributed by atoms with Crippen LogP contribution >= 0.6 is 23.2 Å². The summed E-state index contributed by atoms with van der Waals surface area (Å²) in [5.41, 5.74) is 1.24. The van der Waals surface area contributed by atoms with Crippen LogP contribution < -0.4 is 16.0 Å². The first kappa shape index (κ1) is 22.3. The van der Waals surface area contributed by atoms with Crippen molar-refractivity contribution in [2.75, 3.05) is 25.1 Å². The lowest BCUT2D eigenvalue weighted by Gasteiger charge is -2.17. The molecular formula is C18H23Cl2N5O3. The van der Waals surface area contributed by atoms with Crippen molar-refractivity contribution < 1.29 is 15.0 Å². The van der Waals surface area contributed by atoms with Gasteiger partial charge in [-0.2, -0.15) is 0 Å². The first-order valence-corrected chi connectivity index (χ1v) is 9.43. The lowest BCUT2D eigenvalue weighted by Crippen LogP contribution is -2.37. The summed E-state index contributed by atoms with van der Waals surface area (Å²) in [6.07, 6.45) is 1.46. The molecule has 2 unspecified atom stereocenters. The Balaban J connectivity index is 1.88. The molecule has 8 nitrogen and oxygen atoms in total. The number of aliphatic hydroxyl groups excluding tert-OH is 2. The molecule has 2 rings (SSSR count). The number of carbonyl (C=O) groups is 1. The molecule has 0 aliphatic carbocycles. The fourth-order valence-corrected chi connectivity index (χ4v) is 2.72. The molecule has 152 valence electrons. The number of benzene rings is 1. The van der Waals surface area contributed by atoms with Crippen LogP contribution in [0.2, 0.25) is 10.0 Å². The Labute approximate surface area is 173 Å². The third kappa shape index (κ3) is 6.88. The third-order valence-electron chi connectivity index (χ3n) is 3.81. The van der Waals surface area contributed by atoms with Crippen molar-refractivity contribution in [1.29, 1.82) is 0 Å². The predicted molar refractivity (Wildman–Crippen MR) is 108 cm³/mol. The maximum Gasteiger partial charge on any atom is 0.234 e. The monoisotopic (exact) mass is 427 g/mol. The van der Waals surface area contributed by atoms with Crippen LogP contribution in [0.5, 0.6) is 0 Å². The minimum Gasteiger partial charge on any atom is -0.394 e. The zero-order chi connectivity index (χ0) is 20.5. The maximum absolute atomic E-state index is 12.2. The van der Waals surface area contributed by atoms with Gasteiger partial charge in [0.1, 0.15) is 0 Å². The molecule has 0 aliphatic heterocycles. The van der Waals surface area contributed by atoms with Crippen molar-refractivity contribution >= 4 is 35.1 Å². The molecule has 1 heterocycles. The molecule has 0 saturated heterocycles. The van der Waals surface area contributed by atoms with Crippen LogP contribution in [0.25, 0.3) is 0 Å². The number of hydrogen-bond acceptors (Lipinski definition) is 7. The second-order valence-corrected chi connectivity index (χ2v) is 7.02. The van der Waals surface area contributed by atoms with Crippen molar-refractivity contribution in [2.24, 2.45) is 0 Å². The highest BCUT2D eigenvalue weighted by atomic mass is 35.5. The summed E-state index contributed by atoms with van der Waals surface area (Å²) in [5, 5.41) is 28.2. The molecule has 10 heteroatoms. The van der Waals surface area contributed by atoms with Gasteiger partial charge in [0.15, 0.2) is 0 Å². The Morgan fingerprint density at radius 1 is 1.25 bits per heavy atom. The van der Waals surface area contributed by atoms with Gasteiger partial charge in [0.05, 0.1) is 42.7 Å². The summed E-state index contributed by atoms with van der Waals surface area (Å²) in [7, 11) is 0. The summed E-state index contributed by atoms with van der Waals surface area (Å²) in [6, 6.07) is 6.20. The summed E-state index contributed by atoms with van der Waals surface area (Å²) in [6.45, 7) is 1.74. The number of nitrogens with one attached hydrogen (secondary N) is 3. The van der Waals surface area contributed by atoms with Crippen LogP contribution in [-0.4, -0.2) is 51.9 Å². The fraction of sp³-hybridized carbons (Fsp3) is 0.389. The van der Waals surface area contributed by atoms with E-state index in [0.717, 1.165) is 5.56 Å². The Bertz CT molecular complexity index is 794. The third-order valence-corrected chi connectivity index (χ3v) is 4.36. The molecule has 2 aromatic rings. The lowest BCUT2D eigenvalue weighted by atomic mass is 10.1. The van der Waals surface area contributed by atoms with Gasteiger partial charge in [0.2, 0.25) is 11.9 Å². The average Bonchev–Trinajstić information content (AvgIpc) is 2.68. The standard InChI is InChI=1S/C18H23Cl2N5O3/c1-11(9-26)23-18-22-6-14(20)15(25-18)7-21-8-17(28)24-16(10-27)12-3-2-4-13(19)5-12/h2-6,11,16,21,26-27H,7-10H2,1H3,(H,24,28)(H,22,23,25). The van der Waals surface area contributed by atoms with Crippen molar-refractivity contribution in [2.45, 2.75) is 25.6 Å².